The summed E-state index contributed by atoms with van der Waals surface area (Å²) in [5, 5.41) is 0. The third-order valence-corrected chi connectivity index (χ3v) is 3.26. The fourth-order valence-electron chi connectivity index (χ4n) is 2.31. The van der Waals surface area contributed by atoms with Gasteiger partial charge in [-0.15, -0.1) is 0 Å². The zero-order chi connectivity index (χ0) is 12.5. The smallest absolute Gasteiger partial charge is 0.138 e. The third kappa shape index (κ3) is 1.79. The van der Waals surface area contributed by atoms with Gasteiger partial charge in [0, 0.05) is 32.4 Å². The minimum absolute atomic E-state index is 0.935. The number of benzene rings is 1. The molecule has 0 bridgehead atoms. The van der Waals surface area contributed by atoms with Gasteiger partial charge < -0.3 is 9.80 Å². The summed E-state index contributed by atoms with van der Waals surface area (Å²) >= 11 is 0. The van der Waals surface area contributed by atoms with Gasteiger partial charge in [-0.25, -0.2) is 9.97 Å². The lowest BCUT2D eigenvalue weighted by Gasteiger charge is -2.20. The molecule has 0 atom stereocenters. The summed E-state index contributed by atoms with van der Waals surface area (Å²) in [5.41, 5.74) is 2.66. The minimum Gasteiger partial charge on any atom is -0.363 e. The molecule has 2 heterocycles. The summed E-state index contributed by atoms with van der Waals surface area (Å²) in [5.74, 6) is 1.91. The highest BCUT2D eigenvalue weighted by Crippen LogP contribution is 2.33. The van der Waals surface area contributed by atoms with Crippen LogP contribution < -0.4 is 9.80 Å². The first-order valence-electron chi connectivity index (χ1n) is 6.10. The number of fused-ring (bicyclic) bond motifs is 1. The lowest BCUT2D eigenvalue weighted by molar-refractivity contribution is 0.953. The maximum Gasteiger partial charge on any atom is 0.138 e. The van der Waals surface area contributed by atoms with Gasteiger partial charge in [-0.05, 0) is 18.1 Å². The van der Waals surface area contributed by atoms with Crippen molar-refractivity contribution in [1.29, 1.82) is 0 Å². The molecule has 0 aliphatic carbocycles. The Labute approximate surface area is 107 Å². The van der Waals surface area contributed by atoms with Crippen LogP contribution in [0, 0.1) is 0 Å². The Morgan fingerprint density at radius 2 is 2.00 bits per heavy atom. The highest BCUT2D eigenvalue weighted by molar-refractivity contribution is 5.68. The zero-order valence-electron chi connectivity index (χ0n) is 10.7. The fourth-order valence-corrected chi connectivity index (χ4v) is 2.31. The van der Waals surface area contributed by atoms with Crippen LogP contribution in [-0.4, -0.2) is 30.6 Å². The van der Waals surface area contributed by atoms with E-state index in [1.807, 2.05) is 25.1 Å². The van der Waals surface area contributed by atoms with Crippen molar-refractivity contribution in [2.45, 2.75) is 6.42 Å². The molecule has 2 aromatic rings. The lowest BCUT2D eigenvalue weighted by atomic mass is 10.2. The van der Waals surface area contributed by atoms with Crippen LogP contribution in [0.25, 0.3) is 0 Å². The minimum atomic E-state index is 0.935. The number of aromatic nitrogens is 2. The van der Waals surface area contributed by atoms with Crippen LogP contribution in [-0.2, 0) is 6.42 Å². The molecule has 0 saturated carbocycles. The van der Waals surface area contributed by atoms with Crippen LogP contribution in [0.15, 0.2) is 36.7 Å². The van der Waals surface area contributed by atoms with Crippen molar-refractivity contribution in [2.24, 2.45) is 0 Å². The van der Waals surface area contributed by atoms with Gasteiger partial charge in [0.2, 0.25) is 0 Å². The molecule has 0 spiro atoms. The molecule has 4 heteroatoms. The third-order valence-electron chi connectivity index (χ3n) is 3.26. The molecule has 0 N–H and O–H groups in total. The molecule has 18 heavy (non-hydrogen) atoms. The maximum atomic E-state index is 4.39. The molecular formula is C14H16N4. The molecule has 1 aliphatic rings. The normalized spacial score (nSPS) is 13.6. The first-order chi connectivity index (χ1) is 8.75. The molecule has 1 aromatic carbocycles. The lowest BCUT2D eigenvalue weighted by Crippen LogP contribution is -2.17. The monoisotopic (exact) mass is 240 g/mol. The van der Waals surface area contributed by atoms with Gasteiger partial charge in [0.1, 0.15) is 18.0 Å². The van der Waals surface area contributed by atoms with Crippen LogP contribution >= 0.6 is 0 Å². The molecule has 1 aromatic heterocycles. The second-order valence-electron chi connectivity index (χ2n) is 4.66. The average molecular weight is 240 g/mol. The SMILES string of the molecule is CN(C)c1cc(N2CCc3ccccc32)ncn1. The van der Waals surface area contributed by atoms with Crippen molar-refractivity contribution in [3.05, 3.63) is 42.2 Å². The van der Waals surface area contributed by atoms with E-state index in [1.54, 1.807) is 6.33 Å². The van der Waals surface area contributed by atoms with Crippen molar-refractivity contribution in [3.63, 3.8) is 0 Å². The van der Waals surface area contributed by atoms with Gasteiger partial charge in [-0.2, -0.15) is 0 Å². The molecule has 0 unspecified atom stereocenters. The number of anilines is 3. The molecule has 4 nitrogen and oxygen atoms in total. The Bertz CT molecular complexity index is 565. The van der Waals surface area contributed by atoms with Crippen LogP contribution in [0.4, 0.5) is 17.3 Å². The van der Waals surface area contributed by atoms with E-state index in [1.165, 1.54) is 11.3 Å². The van der Waals surface area contributed by atoms with Gasteiger partial charge >= 0.3 is 0 Å². The predicted octanol–water partition coefficient (Wildman–Crippen LogP) is 2.24. The van der Waals surface area contributed by atoms with Gasteiger partial charge in [0.15, 0.2) is 0 Å². The largest absolute Gasteiger partial charge is 0.363 e. The zero-order valence-corrected chi connectivity index (χ0v) is 10.7. The van der Waals surface area contributed by atoms with E-state index in [0.717, 1.165) is 24.6 Å². The number of rotatable bonds is 2. The Hall–Kier alpha value is -2.10. The first-order valence-corrected chi connectivity index (χ1v) is 6.10. The molecule has 92 valence electrons. The van der Waals surface area contributed by atoms with E-state index in [4.69, 9.17) is 0 Å². The van der Waals surface area contributed by atoms with Crippen molar-refractivity contribution in [3.8, 4) is 0 Å². The molecule has 0 saturated heterocycles. The highest BCUT2D eigenvalue weighted by atomic mass is 15.2. The van der Waals surface area contributed by atoms with Gasteiger partial charge in [-0.1, -0.05) is 18.2 Å². The van der Waals surface area contributed by atoms with Gasteiger partial charge in [0.05, 0.1) is 0 Å². The summed E-state index contributed by atoms with van der Waals surface area (Å²) in [6.07, 6.45) is 2.71. The molecule has 3 rings (SSSR count). The predicted molar refractivity (Wildman–Crippen MR) is 73.5 cm³/mol. The van der Waals surface area contributed by atoms with Gasteiger partial charge in [0.25, 0.3) is 0 Å². The molecule has 1 aliphatic heterocycles. The second kappa shape index (κ2) is 4.29. The number of hydrogen-bond acceptors (Lipinski definition) is 4. The second-order valence-corrected chi connectivity index (χ2v) is 4.66. The first kappa shape index (κ1) is 11.0. The Morgan fingerprint density at radius 3 is 2.83 bits per heavy atom. The summed E-state index contributed by atoms with van der Waals surface area (Å²) < 4.78 is 0. The van der Waals surface area contributed by atoms with E-state index in [2.05, 4.69) is 39.1 Å². The van der Waals surface area contributed by atoms with E-state index in [9.17, 15) is 0 Å². The fraction of sp³-hybridized carbons (Fsp3) is 0.286. The Morgan fingerprint density at radius 1 is 1.17 bits per heavy atom. The summed E-state index contributed by atoms with van der Waals surface area (Å²) in [7, 11) is 3.98. The summed E-state index contributed by atoms with van der Waals surface area (Å²) in [4.78, 5) is 12.9. The van der Waals surface area contributed by atoms with Crippen LogP contribution in [0.3, 0.4) is 0 Å². The van der Waals surface area contributed by atoms with E-state index in [-0.39, 0.29) is 0 Å². The Balaban J connectivity index is 2.00. The highest BCUT2D eigenvalue weighted by Gasteiger charge is 2.21. The summed E-state index contributed by atoms with van der Waals surface area (Å²) in [6, 6.07) is 10.5. The molecule has 0 radical (unpaired) electrons. The molecule has 0 fully saturated rings. The standard InChI is InChI=1S/C14H16N4/c1-17(2)13-9-14(16-10-15-13)18-8-7-11-5-3-4-6-12(11)18/h3-6,9-10H,7-8H2,1-2H3. The van der Waals surface area contributed by atoms with E-state index < -0.39 is 0 Å². The van der Waals surface area contributed by atoms with Gasteiger partial charge in [-0.3, -0.25) is 0 Å². The van der Waals surface area contributed by atoms with E-state index >= 15 is 0 Å². The Kier molecular flexibility index (Phi) is 2.63. The van der Waals surface area contributed by atoms with Crippen molar-refractivity contribution in [1.82, 2.24) is 9.97 Å². The quantitative estimate of drug-likeness (QED) is 0.806. The van der Waals surface area contributed by atoms with Crippen molar-refractivity contribution < 1.29 is 0 Å². The van der Waals surface area contributed by atoms with Crippen LogP contribution in [0.1, 0.15) is 5.56 Å². The van der Waals surface area contributed by atoms with Crippen LogP contribution in [0.2, 0.25) is 0 Å². The molecular weight excluding hydrogens is 224 g/mol. The number of nitrogens with zero attached hydrogens (tertiary/aromatic N) is 4. The van der Waals surface area contributed by atoms with Crippen molar-refractivity contribution in [2.75, 3.05) is 30.4 Å². The maximum absolute atomic E-state index is 4.39. The average Bonchev–Trinajstić information content (AvgIpc) is 2.82. The van der Waals surface area contributed by atoms with E-state index in [0.29, 0.717) is 0 Å². The topological polar surface area (TPSA) is 32.3 Å². The van der Waals surface area contributed by atoms with Crippen molar-refractivity contribution >= 4 is 17.3 Å². The number of hydrogen-bond donors (Lipinski definition) is 0. The van der Waals surface area contributed by atoms with Crippen LogP contribution in [0.5, 0.6) is 0 Å². The summed E-state index contributed by atoms with van der Waals surface area (Å²) in [6.45, 7) is 0.989. The number of para-hydroxylation sites is 1. The molecule has 0 amide bonds.